The van der Waals surface area contributed by atoms with Gasteiger partial charge in [0.05, 0.1) is 12.7 Å². The number of hydrogen-bond donors (Lipinski definition) is 2. The van der Waals surface area contributed by atoms with Gasteiger partial charge in [0.15, 0.2) is 5.78 Å². The maximum absolute atomic E-state index is 11.9. The lowest BCUT2D eigenvalue weighted by Gasteiger charge is -2.10. The van der Waals surface area contributed by atoms with Crippen LogP contribution < -0.4 is 4.74 Å². The normalized spacial score (nSPS) is 10.6. The maximum atomic E-state index is 11.9. The SMILES string of the molecule is CCCC(=O)c1cc(O)c2cc(OC)ccc2c1O. The lowest BCUT2D eigenvalue weighted by atomic mass is 9.99. The quantitative estimate of drug-likeness (QED) is 0.654. The van der Waals surface area contributed by atoms with Crippen LogP contribution in [0.1, 0.15) is 30.1 Å². The van der Waals surface area contributed by atoms with Crippen molar-refractivity contribution in [3.8, 4) is 17.2 Å². The molecule has 0 amide bonds. The predicted molar refractivity (Wildman–Crippen MR) is 73.1 cm³/mol. The molecule has 2 rings (SSSR count). The Labute approximate surface area is 111 Å². The number of Topliss-reactive ketones (excluding diaryl/α,β-unsaturated/α-hetero) is 1. The molecule has 2 N–H and O–H groups in total. The van der Waals surface area contributed by atoms with Crippen molar-refractivity contribution in [3.05, 3.63) is 29.8 Å². The molecule has 0 aliphatic carbocycles. The zero-order valence-electron chi connectivity index (χ0n) is 10.9. The van der Waals surface area contributed by atoms with Crippen molar-refractivity contribution < 1.29 is 19.7 Å². The standard InChI is InChI=1S/C15H16O4/c1-3-4-13(16)12-8-14(17)11-7-9(19-2)5-6-10(11)15(12)18/h5-8,17-18H,3-4H2,1-2H3. The van der Waals surface area contributed by atoms with Crippen molar-refractivity contribution in [2.24, 2.45) is 0 Å². The molecule has 100 valence electrons. The number of rotatable bonds is 4. The predicted octanol–water partition coefficient (Wildman–Crippen LogP) is 3.24. The van der Waals surface area contributed by atoms with Gasteiger partial charge < -0.3 is 14.9 Å². The summed E-state index contributed by atoms with van der Waals surface area (Å²) in [6.45, 7) is 1.89. The number of carbonyl (C=O) groups is 1. The average Bonchev–Trinajstić information content (AvgIpc) is 2.42. The highest BCUT2D eigenvalue weighted by Gasteiger charge is 2.16. The van der Waals surface area contributed by atoms with Crippen molar-refractivity contribution in [1.82, 2.24) is 0 Å². The van der Waals surface area contributed by atoms with E-state index in [1.54, 1.807) is 18.2 Å². The van der Waals surface area contributed by atoms with Gasteiger partial charge in [0.2, 0.25) is 0 Å². The smallest absolute Gasteiger partial charge is 0.166 e. The minimum atomic E-state index is -0.173. The molecule has 0 bridgehead atoms. The van der Waals surface area contributed by atoms with E-state index in [9.17, 15) is 15.0 Å². The van der Waals surface area contributed by atoms with Crippen molar-refractivity contribution in [2.75, 3.05) is 7.11 Å². The van der Waals surface area contributed by atoms with Gasteiger partial charge in [-0.2, -0.15) is 0 Å². The second kappa shape index (κ2) is 5.18. The number of methoxy groups -OCH3 is 1. The zero-order chi connectivity index (χ0) is 14.0. The molecule has 0 fully saturated rings. The summed E-state index contributed by atoms with van der Waals surface area (Å²) in [5.41, 5.74) is 0.164. The third kappa shape index (κ3) is 2.34. The number of benzene rings is 2. The highest BCUT2D eigenvalue weighted by molar-refractivity contribution is 6.06. The second-order valence-electron chi connectivity index (χ2n) is 4.38. The van der Waals surface area contributed by atoms with Crippen LogP contribution in [0.2, 0.25) is 0 Å². The van der Waals surface area contributed by atoms with Gasteiger partial charge in [-0.05, 0) is 30.7 Å². The molecule has 0 saturated carbocycles. The third-order valence-corrected chi connectivity index (χ3v) is 3.07. The summed E-state index contributed by atoms with van der Waals surface area (Å²) in [4.78, 5) is 11.9. The van der Waals surface area contributed by atoms with E-state index in [0.717, 1.165) is 0 Å². The third-order valence-electron chi connectivity index (χ3n) is 3.07. The average molecular weight is 260 g/mol. The van der Waals surface area contributed by atoms with Gasteiger partial charge >= 0.3 is 0 Å². The number of fused-ring (bicyclic) bond motifs is 1. The number of aromatic hydroxyl groups is 2. The first-order valence-electron chi connectivity index (χ1n) is 6.14. The van der Waals surface area contributed by atoms with Gasteiger partial charge in [0.25, 0.3) is 0 Å². The topological polar surface area (TPSA) is 66.8 Å². The Morgan fingerprint density at radius 3 is 2.58 bits per heavy atom. The fraction of sp³-hybridized carbons (Fsp3) is 0.267. The fourth-order valence-electron chi connectivity index (χ4n) is 2.07. The molecule has 4 heteroatoms. The molecule has 0 atom stereocenters. The summed E-state index contributed by atoms with van der Waals surface area (Å²) in [6.07, 6.45) is 1.04. The summed E-state index contributed by atoms with van der Waals surface area (Å²) in [5, 5.41) is 21.1. The molecule has 0 aliphatic rings. The molecular weight excluding hydrogens is 244 g/mol. The van der Waals surface area contributed by atoms with E-state index in [1.807, 2.05) is 6.92 Å². The highest BCUT2D eigenvalue weighted by atomic mass is 16.5. The monoisotopic (exact) mass is 260 g/mol. The Hall–Kier alpha value is -2.23. The first-order valence-corrected chi connectivity index (χ1v) is 6.14. The van der Waals surface area contributed by atoms with E-state index in [0.29, 0.717) is 29.4 Å². The van der Waals surface area contributed by atoms with E-state index < -0.39 is 0 Å². The minimum absolute atomic E-state index is 0.0360. The lowest BCUT2D eigenvalue weighted by Crippen LogP contribution is -1.99. The van der Waals surface area contributed by atoms with E-state index in [1.165, 1.54) is 13.2 Å². The van der Waals surface area contributed by atoms with Gasteiger partial charge in [0, 0.05) is 17.2 Å². The number of carbonyl (C=O) groups excluding carboxylic acids is 1. The number of phenols is 2. The Morgan fingerprint density at radius 1 is 1.21 bits per heavy atom. The van der Waals surface area contributed by atoms with Crippen molar-refractivity contribution in [3.63, 3.8) is 0 Å². The number of hydrogen-bond acceptors (Lipinski definition) is 4. The Bertz CT molecular complexity index is 632. The van der Waals surface area contributed by atoms with Gasteiger partial charge in [0.1, 0.15) is 17.2 Å². The summed E-state index contributed by atoms with van der Waals surface area (Å²) in [6, 6.07) is 6.25. The van der Waals surface area contributed by atoms with Crippen LogP contribution >= 0.6 is 0 Å². The molecule has 2 aromatic rings. The molecule has 0 aliphatic heterocycles. The number of phenolic OH excluding ortho intramolecular Hbond substituents is 2. The van der Waals surface area contributed by atoms with Crippen LogP contribution in [0.4, 0.5) is 0 Å². The summed E-state index contributed by atoms with van der Waals surface area (Å²) < 4.78 is 5.07. The molecule has 0 unspecified atom stereocenters. The van der Waals surface area contributed by atoms with Crippen LogP contribution in [-0.2, 0) is 0 Å². The minimum Gasteiger partial charge on any atom is -0.507 e. The van der Waals surface area contributed by atoms with E-state index in [-0.39, 0.29) is 22.8 Å². The van der Waals surface area contributed by atoms with Crippen LogP contribution in [0.25, 0.3) is 10.8 Å². The summed E-state index contributed by atoms with van der Waals surface area (Å²) in [5.74, 6) is 0.280. The molecule has 0 spiro atoms. The van der Waals surface area contributed by atoms with Crippen molar-refractivity contribution in [1.29, 1.82) is 0 Å². The molecule has 0 saturated heterocycles. The van der Waals surface area contributed by atoms with Gasteiger partial charge in [-0.3, -0.25) is 4.79 Å². The number of ether oxygens (including phenoxy) is 1. The van der Waals surface area contributed by atoms with Crippen molar-refractivity contribution in [2.45, 2.75) is 19.8 Å². The zero-order valence-corrected chi connectivity index (χ0v) is 10.9. The largest absolute Gasteiger partial charge is 0.507 e. The first-order chi connectivity index (χ1) is 9.08. The molecular formula is C15H16O4. The Balaban J connectivity index is 2.65. The molecule has 0 radical (unpaired) electrons. The second-order valence-corrected chi connectivity index (χ2v) is 4.38. The van der Waals surface area contributed by atoms with E-state index in [2.05, 4.69) is 0 Å². The van der Waals surface area contributed by atoms with Crippen molar-refractivity contribution >= 4 is 16.6 Å². The Morgan fingerprint density at radius 2 is 1.95 bits per heavy atom. The molecule has 2 aromatic carbocycles. The summed E-state index contributed by atoms with van der Waals surface area (Å²) in [7, 11) is 1.53. The molecule has 19 heavy (non-hydrogen) atoms. The van der Waals surface area contributed by atoms with Gasteiger partial charge in [-0.1, -0.05) is 6.92 Å². The molecule has 0 aromatic heterocycles. The van der Waals surface area contributed by atoms with E-state index in [4.69, 9.17) is 4.74 Å². The van der Waals surface area contributed by atoms with Crippen LogP contribution in [-0.4, -0.2) is 23.1 Å². The lowest BCUT2D eigenvalue weighted by molar-refractivity contribution is 0.0979. The Kier molecular flexibility index (Phi) is 3.60. The maximum Gasteiger partial charge on any atom is 0.166 e. The number of ketones is 1. The van der Waals surface area contributed by atoms with Crippen LogP contribution in [0, 0.1) is 0 Å². The van der Waals surface area contributed by atoms with Crippen LogP contribution in [0.15, 0.2) is 24.3 Å². The molecule has 0 heterocycles. The van der Waals surface area contributed by atoms with Gasteiger partial charge in [-0.25, -0.2) is 0 Å². The summed E-state index contributed by atoms with van der Waals surface area (Å²) >= 11 is 0. The molecule has 4 nitrogen and oxygen atoms in total. The van der Waals surface area contributed by atoms with Gasteiger partial charge in [-0.15, -0.1) is 0 Å². The highest BCUT2D eigenvalue weighted by Crippen LogP contribution is 2.37. The fourth-order valence-corrected chi connectivity index (χ4v) is 2.07. The first kappa shape index (κ1) is 13.2. The van der Waals surface area contributed by atoms with Crippen LogP contribution in [0.5, 0.6) is 17.2 Å². The van der Waals surface area contributed by atoms with E-state index >= 15 is 0 Å². The van der Waals surface area contributed by atoms with Crippen LogP contribution in [0.3, 0.4) is 0 Å².